The Labute approximate surface area is 160 Å². The van der Waals surface area contributed by atoms with Gasteiger partial charge >= 0.3 is 5.97 Å². The van der Waals surface area contributed by atoms with Crippen LogP contribution in [0.3, 0.4) is 0 Å². The van der Waals surface area contributed by atoms with E-state index in [1.54, 1.807) is 12.1 Å². The number of fused-ring (bicyclic) bond motifs is 7. The SMILES string of the molecule is O=C(O)c1cc(Cl)cc2c1[C@H]1[C@H]3CC[C@H](C3)[C@H]1[C@H](c1ccc(F)c(F)c1)N2. The number of carboxylic acids is 1. The molecule has 2 N–H and O–H groups in total. The van der Waals surface area contributed by atoms with Crippen molar-refractivity contribution in [1.29, 1.82) is 0 Å². The minimum absolute atomic E-state index is 0.0986. The maximum absolute atomic E-state index is 13.9. The zero-order valence-corrected chi connectivity index (χ0v) is 15.1. The zero-order valence-electron chi connectivity index (χ0n) is 14.4. The Bertz CT molecular complexity index is 963. The summed E-state index contributed by atoms with van der Waals surface area (Å²) in [5.41, 5.74) is 2.46. The number of nitrogens with one attached hydrogen (secondary N) is 1. The van der Waals surface area contributed by atoms with E-state index in [2.05, 4.69) is 5.32 Å². The Kier molecular flexibility index (Phi) is 3.73. The Morgan fingerprint density at radius 2 is 1.89 bits per heavy atom. The first kappa shape index (κ1) is 17.0. The smallest absolute Gasteiger partial charge is 0.336 e. The largest absolute Gasteiger partial charge is 0.478 e. The van der Waals surface area contributed by atoms with Crippen molar-refractivity contribution in [3.63, 3.8) is 0 Å². The van der Waals surface area contributed by atoms with Crippen LogP contribution >= 0.6 is 11.6 Å². The molecule has 2 bridgehead atoms. The van der Waals surface area contributed by atoms with E-state index in [0.29, 0.717) is 28.1 Å². The van der Waals surface area contributed by atoms with Crippen molar-refractivity contribution < 1.29 is 18.7 Å². The summed E-state index contributed by atoms with van der Waals surface area (Å²) in [5, 5.41) is 13.5. The van der Waals surface area contributed by atoms with Crippen LogP contribution in [-0.2, 0) is 0 Å². The lowest BCUT2D eigenvalue weighted by Crippen LogP contribution is -2.36. The second-order valence-electron chi connectivity index (χ2n) is 7.95. The Morgan fingerprint density at radius 1 is 1.11 bits per heavy atom. The lowest BCUT2D eigenvalue weighted by atomic mass is 9.67. The molecule has 2 saturated carbocycles. The molecule has 6 heteroatoms. The number of halogens is 3. The molecular weight excluding hydrogens is 372 g/mol. The van der Waals surface area contributed by atoms with Crippen LogP contribution in [0.5, 0.6) is 0 Å². The number of carboxylic acid groups (broad SMARTS) is 1. The Hall–Kier alpha value is -2.14. The molecule has 0 aromatic heterocycles. The predicted molar refractivity (Wildman–Crippen MR) is 98.2 cm³/mol. The maximum Gasteiger partial charge on any atom is 0.336 e. The highest BCUT2D eigenvalue weighted by Crippen LogP contribution is 2.64. The average Bonchev–Trinajstić information content (AvgIpc) is 3.24. The predicted octanol–water partition coefficient (Wildman–Crippen LogP) is 5.61. The van der Waals surface area contributed by atoms with Crippen molar-refractivity contribution in [2.24, 2.45) is 17.8 Å². The van der Waals surface area contributed by atoms with E-state index in [-0.39, 0.29) is 23.4 Å². The van der Waals surface area contributed by atoms with E-state index in [1.807, 2.05) is 0 Å². The summed E-state index contributed by atoms with van der Waals surface area (Å²) in [7, 11) is 0. The molecule has 0 radical (unpaired) electrons. The van der Waals surface area contributed by atoms with Crippen LogP contribution in [0.25, 0.3) is 0 Å². The van der Waals surface area contributed by atoms with Gasteiger partial charge in [-0.15, -0.1) is 0 Å². The molecule has 1 heterocycles. The molecule has 5 atom stereocenters. The molecular formula is C21H18ClF2NO2. The van der Waals surface area contributed by atoms with Crippen LogP contribution in [0, 0.1) is 29.4 Å². The molecule has 2 fully saturated rings. The van der Waals surface area contributed by atoms with Crippen molar-refractivity contribution in [1.82, 2.24) is 0 Å². The van der Waals surface area contributed by atoms with Crippen LogP contribution in [0.4, 0.5) is 14.5 Å². The van der Waals surface area contributed by atoms with E-state index in [0.717, 1.165) is 30.9 Å². The molecule has 3 aliphatic rings. The maximum atomic E-state index is 13.9. The summed E-state index contributed by atoms with van der Waals surface area (Å²) < 4.78 is 27.3. The third-order valence-electron chi connectivity index (χ3n) is 6.69. The fourth-order valence-corrected chi connectivity index (χ4v) is 6.01. The Morgan fingerprint density at radius 3 is 2.63 bits per heavy atom. The molecule has 0 unspecified atom stereocenters. The second-order valence-corrected chi connectivity index (χ2v) is 8.39. The molecule has 2 aromatic carbocycles. The van der Waals surface area contributed by atoms with Crippen molar-refractivity contribution in [2.75, 3.05) is 5.32 Å². The third-order valence-corrected chi connectivity index (χ3v) is 6.91. The minimum Gasteiger partial charge on any atom is -0.478 e. The van der Waals surface area contributed by atoms with E-state index in [1.165, 1.54) is 12.1 Å². The highest BCUT2D eigenvalue weighted by Gasteiger charge is 2.54. The highest BCUT2D eigenvalue weighted by molar-refractivity contribution is 6.31. The van der Waals surface area contributed by atoms with Gasteiger partial charge in [0.1, 0.15) is 0 Å². The molecule has 1 aliphatic heterocycles. The average molecular weight is 390 g/mol. The monoisotopic (exact) mass is 389 g/mol. The van der Waals surface area contributed by atoms with E-state index < -0.39 is 17.6 Å². The number of rotatable bonds is 2. The van der Waals surface area contributed by atoms with Gasteiger partial charge in [0.15, 0.2) is 11.6 Å². The van der Waals surface area contributed by atoms with E-state index in [4.69, 9.17) is 11.6 Å². The van der Waals surface area contributed by atoms with Gasteiger partial charge in [-0.05, 0) is 78.3 Å². The van der Waals surface area contributed by atoms with Gasteiger partial charge in [-0.3, -0.25) is 0 Å². The van der Waals surface area contributed by atoms with E-state index >= 15 is 0 Å². The molecule has 5 rings (SSSR count). The molecule has 2 aliphatic carbocycles. The summed E-state index contributed by atoms with van der Waals surface area (Å²) >= 11 is 6.17. The molecule has 3 nitrogen and oxygen atoms in total. The topological polar surface area (TPSA) is 49.3 Å². The van der Waals surface area contributed by atoms with Crippen LogP contribution in [0.1, 0.15) is 52.7 Å². The van der Waals surface area contributed by atoms with Gasteiger partial charge in [-0.25, -0.2) is 13.6 Å². The lowest BCUT2D eigenvalue weighted by molar-refractivity contribution is 0.0693. The first-order valence-electron chi connectivity index (χ1n) is 9.22. The van der Waals surface area contributed by atoms with Crippen LogP contribution in [-0.4, -0.2) is 11.1 Å². The fourth-order valence-electron chi connectivity index (χ4n) is 5.79. The summed E-state index contributed by atoms with van der Waals surface area (Å²) in [5.74, 6) is -1.57. The molecule has 0 spiro atoms. The Balaban J connectivity index is 1.69. The summed E-state index contributed by atoms with van der Waals surface area (Å²) in [6.07, 6.45) is 3.23. The summed E-state index contributed by atoms with van der Waals surface area (Å²) in [6.45, 7) is 0. The third kappa shape index (κ3) is 2.48. The molecule has 2 aromatic rings. The number of hydrogen-bond acceptors (Lipinski definition) is 2. The number of anilines is 1. The minimum atomic E-state index is -0.983. The van der Waals surface area contributed by atoms with Gasteiger partial charge in [0.05, 0.1) is 11.6 Å². The number of aromatic carboxylic acids is 1. The molecule has 0 amide bonds. The van der Waals surface area contributed by atoms with Crippen LogP contribution in [0.2, 0.25) is 5.02 Å². The van der Waals surface area contributed by atoms with Crippen molar-refractivity contribution >= 4 is 23.3 Å². The molecule has 140 valence electrons. The number of benzene rings is 2. The summed E-state index contributed by atoms with van der Waals surface area (Å²) in [6, 6.07) is 7.11. The van der Waals surface area contributed by atoms with Gasteiger partial charge < -0.3 is 10.4 Å². The number of carbonyl (C=O) groups is 1. The zero-order chi connectivity index (χ0) is 18.9. The quantitative estimate of drug-likeness (QED) is 0.701. The fraction of sp³-hybridized carbons (Fsp3) is 0.381. The van der Waals surface area contributed by atoms with Crippen molar-refractivity contribution in [3.05, 3.63) is 63.7 Å². The van der Waals surface area contributed by atoms with Gasteiger partial charge in [-0.2, -0.15) is 0 Å². The molecule has 0 saturated heterocycles. The first-order chi connectivity index (χ1) is 12.9. The second kappa shape index (κ2) is 5.93. The van der Waals surface area contributed by atoms with Crippen LogP contribution < -0.4 is 5.32 Å². The highest BCUT2D eigenvalue weighted by atomic mass is 35.5. The van der Waals surface area contributed by atoms with Crippen molar-refractivity contribution in [2.45, 2.75) is 31.2 Å². The van der Waals surface area contributed by atoms with Gasteiger partial charge in [0.2, 0.25) is 0 Å². The van der Waals surface area contributed by atoms with E-state index in [9.17, 15) is 18.7 Å². The standard InChI is InChI=1S/C21H18ClF2NO2/c22-12-7-13(21(26)27)19-16(8-12)25-20(11-3-4-14(23)15(24)6-11)18-10-2-1-9(5-10)17(18)19/h3-4,6-10,17-18,20,25H,1-2,5H2,(H,26,27)/t9-,10+,17-,18+,20-/m0/s1. The normalized spacial score (nSPS) is 30.6. The molecule has 27 heavy (non-hydrogen) atoms. The lowest BCUT2D eigenvalue weighted by Gasteiger charge is -2.44. The number of hydrogen-bond donors (Lipinski definition) is 2. The van der Waals surface area contributed by atoms with Crippen molar-refractivity contribution in [3.8, 4) is 0 Å². The summed E-state index contributed by atoms with van der Waals surface area (Å²) in [4.78, 5) is 11.9. The van der Waals surface area contributed by atoms with Crippen LogP contribution in [0.15, 0.2) is 30.3 Å². The van der Waals surface area contributed by atoms with Gasteiger partial charge in [0, 0.05) is 10.7 Å². The first-order valence-corrected chi connectivity index (χ1v) is 9.60. The van der Waals surface area contributed by atoms with Gasteiger partial charge in [-0.1, -0.05) is 17.7 Å². The van der Waals surface area contributed by atoms with Gasteiger partial charge in [0.25, 0.3) is 0 Å².